The van der Waals surface area contributed by atoms with Gasteiger partial charge in [0.15, 0.2) is 23.0 Å². The third kappa shape index (κ3) is 3.32. The Labute approximate surface area is 143 Å². The minimum absolute atomic E-state index is 0.0663. The highest BCUT2D eigenvalue weighted by atomic mass is 16.5. The highest BCUT2D eigenvalue weighted by molar-refractivity contribution is 5.95. The molecule has 1 heterocycles. The van der Waals surface area contributed by atoms with E-state index < -0.39 is 0 Å². The molecule has 0 bridgehead atoms. The van der Waals surface area contributed by atoms with E-state index in [4.69, 9.17) is 14.2 Å². The lowest BCUT2D eigenvalue weighted by molar-refractivity contribution is -0.118. The van der Waals surface area contributed by atoms with Crippen LogP contribution >= 0.6 is 0 Å². The van der Waals surface area contributed by atoms with E-state index in [-0.39, 0.29) is 11.7 Å². The zero-order valence-corrected chi connectivity index (χ0v) is 14.3. The van der Waals surface area contributed by atoms with Gasteiger partial charge in [0.2, 0.25) is 0 Å². The molecule has 0 fully saturated rings. The highest BCUT2D eigenvalue weighted by Crippen LogP contribution is 2.41. The summed E-state index contributed by atoms with van der Waals surface area (Å²) in [5, 5.41) is 0. The van der Waals surface area contributed by atoms with E-state index in [1.807, 2.05) is 24.3 Å². The number of unbranched alkanes of at least 4 members (excludes halogenated alkanes) is 1. The smallest absolute Gasteiger partial charge is 0.197 e. The summed E-state index contributed by atoms with van der Waals surface area (Å²) in [4.78, 5) is 12.1. The second kappa shape index (κ2) is 7.56. The molecule has 1 aromatic carbocycles. The summed E-state index contributed by atoms with van der Waals surface area (Å²) in [6, 6.07) is 6.01. The largest absolute Gasteiger partial charge is 0.493 e. The SMILES string of the molecule is CCCCOc1ccc([C@@H]2C=COC3=C2CCCC3=O)cc1OC. The van der Waals surface area contributed by atoms with Gasteiger partial charge in [-0.25, -0.2) is 0 Å². The zero-order valence-electron chi connectivity index (χ0n) is 14.3. The van der Waals surface area contributed by atoms with E-state index in [1.54, 1.807) is 13.4 Å². The average molecular weight is 328 g/mol. The van der Waals surface area contributed by atoms with Crippen LogP contribution in [0.1, 0.15) is 50.5 Å². The van der Waals surface area contributed by atoms with Crippen LogP contribution in [0.15, 0.2) is 41.9 Å². The van der Waals surface area contributed by atoms with E-state index in [9.17, 15) is 4.79 Å². The van der Waals surface area contributed by atoms with E-state index in [0.29, 0.717) is 18.8 Å². The van der Waals surface area contributed by atoms with Gasteiger partial charge in [-0.2, -0.15) is 0 Å². The van der Waals surface area contributed by atoms with Gasteiger partial charge >= 0.3 is 0 Å². The molecule has 0 aromatic heterocycles. The molecule has 1 atom stereocenters. The summed E-state index contributed by atoms with van der Waals surface area (Å²) < 4.78 is 16.8. The first-order valence-corrected chi connectivity index (χ1v) is 8.65. The van der Waals surface area contributed by atoms with Crippen LogP contribution in [0.3, 0.4) is 0 Å². The van der Waals surface area contributed by atoms with Crippen LogP contribution in [-0.4, -0.2) is 19.5 Å². The number of allylic oxidation sites excluding steroid dienone is 3. The Balaban J connectivity index is 1.87. The first-order valence-electron chi connectivity index (χ1n) is 8.65. The quantitative estimate of drug-likeness (QED) is 0.721. The average Bonchev–Trinajstić information content (AvgIpc) is 2.62. The Kier molecular flexibility index (Phi) is 5.24. The van der Waals surface area contributed by atoms with Crippen molar-refractivity contribution in [3.05, 3.63) is 47.4 Å². The molecule has 1 aromatic rings. The van der Waals surface area contributed by atoms with E-state index in [2.05, 4.69) is 6.92 Å². The maximum absolute atomic E-state index is 12.1. The van der Waals surface area contributed by atoms with E-state index in [0.717, 1.165) is 48.3 Å². The molecule has 2 aliphatic rings. The maximum Gasteiger partial charge on any atom is 0.197 e. The minimum Gasteiger partial charge on any atom is -0.493 e. The molecular formula is C20H24O4. The number of hydrogen-bond acceptors (Lipinski definition) is 4. The number of carbonyl (C=O) groups is 1. The Morgan fingerprint density at radius 3 is 2.92 bits per heavy atom. The minimum atomic E-state index is 0.0663. The second-order valence-electron chi connectivity index (χ2n) is 6.17. The van der Waals surface area contributed by atoms with E-state index >= 15 is 0 Å². The van der Waals surface area contributed by atoms with Crippen molar-refractivity contribution in [2.45, 2.75) is 44.9 Å². The monoisotopic (exact) mass is 328 g/mol. The highest BCUT2D eigenvalue weighted by Gasteiger charge is 2.30. The molecule has 0 saturated carbocycles. The number of Topliss-reactive ketones (excluding diaryl/α,β-unsaturated/α-hetero) is 1. The van der Waals surface area contributed by atoms with Crippen LogP contribution in [0.4, 0.5) is 0 Å². The van der Waals surface area contributed by atoms with Crippen molar-refractivity contribution >= 4 is 5.78 Å². The van der Waals surface area contributed by atoms with Crippen LogP contribution in [0, 0.1) is 0 Å². The Morgan fingerprint density at radius 1 is 1.25 bits per heavy atom. The maximum atomic E-state index is 12.1. The van der Waals surface area contributed by atoms with Crippen molar-refractivity contribution in [2.24, 2.45) is 0 Å². The zero-order chi connectivity index (χ0) is 16.9. The normalized spacial score (nSPS) is 19.8. The number of methoxy groups -OCH3 is 1. The number of ether oxygens (including phenoxy) is 3. The topological polar surface area (TPSA) is 44.8 Å². The number of hydrogen-bond donors (Lipinski definition) is 0. The molecule has 4 heteroatoms. The predicted molar refractivity (Wildman–Crippen MR) is 92.2 cm³/mol. The third-order valence-corrected chi connectivity index (χ3v) is 4.53. The summed E-state index contributed by atoms with van der Waals surface area (Å²) in [5.41, 5.74) is 2.17. The van der Waals surface area contributed by atoms with Crippen LogP contribution in [0.25, 0.3) is 0 Å². The number of carbonyl (C=O) groups excluding carboxylic acids is 1. The lowest BCUT2D eigenvalue weighted by Crippen LogP contribution is -2.19. The molecule has 1 aliphatic heterocycles. The number of rotatable bonds is 6. The van der Waals surface area contributed by atoms with Gasteiger partial charge in [0.1, 0.15) is 0 Å². The molecule has 0 N–H and O–H groups in total. The number of ketones is 1. The van der Waals surface area contributed by atoms with Gasteiger partial charge in [-0.15, -0.1) is 0 Å². The molecular weight excluding hydrogens is 304 g/mol. The van der Waals surface area contributed by atoms with Gasteiger partial charge in [0.05, 0.1) is 20.0 Å². The fourth-order valence-corrected chi connectivity index (χ4v) is 3.22. The molecule has 3 rings (SSSR count). The molecule has 0 unspecified atom stereocenters. The van der Waals surface area contributed by atoms with Crippen LogP contribution in [0.5, 0.6) is 11.5 Å². The summed E-state index contributed by atoms with van der Waals surface area (Å²) in [5.74, 6) is 2.21. The first-order chi connectivity index (χ1) is 11.7. The molecule has 4 nitrogen and oxygen atoms in total. The molecule has 24 heavy (non-hydrogen) atoms. The van der Waals surface area contributed by atoms with Gasteiger partial charge in [-0.3, -0.25) is 4.79 Å². The van der Waals surface area contributed by atoms with Crippen molar-refractivity contribution in [3.63, 3.8) is 0 Å². The molecule has 0 radical (unpaired) electrons. The van der Waals surface area contributed by atoms with Crippen LogP contribution in [-0.2, 0) is 9.53 Å². The van der Waals surface area contributed by atoms with Crippen molar-refractivity contribution in [1.29, 1.82) is 0 Å². The fourth-order valence-electron chi connectivity index (χ4n) is 3.22. The Hall–Kier alpha value is -2.23. The van der Waals surface area contributed by atoms with Gasteiger partial charge in [0.25, 0.3) is 0 Å². The van der Waals surface area contributed by atoms with Gasteiger partial charge in [0, 0.05) is 12.3 Å². The first kappa shape index (κ1) is 16.6. The molecule has 0 saturated heterocycles. The van der Waals surface area contributed by atoms with Crippen molar-refractivity contribution in [2.75, 3.05) is 13.7 Å². The lowest BCUT2D eigenvalue weighted by atomic mass is 9.82. The standard InChI is InChI=1S/C20H24O4/c1-3-4-11-23-18-9-8-14(13-19(18)22-2)15-10-12-24-20-16(15)6-5-7-17(20)21/h8-10,12-13,15H,3-7,11H2,1-2H3/t15-/m0/s1. The Bertz CT molecular complexity index is 672. The lowest BCUT2D eigenvalue weighted by Gasteiger charge is -2.27. The third-order valence-electron chi connectivity index (χ3n) is 4.53. The van der Waals surface area contributed by atoms with Gasteiger partial charge in [-0.05, 0) is 48.6 Å². The summed E-state index contributed by atoms with van der Waals surface area (Å²) in [6.45, 7) is 2.82. The van der Waals surface area contributed by atoms with Gasteiger partial charge < -0.3 is 14.2 Å². The summed E-state index contributed by atoms with van der Waals surface area (Å²) in [6.07, 6.45) is 8.11. The van der Waals surface area contributed by atoms with E-state index in [1.165, 1.54) is 0 Å². The summed E-state index contributed by atoms with van der Waals surface area (Å²) in [7, 11) is 1.65. The summed E-state index contributed by atoms with van der Waals surface area (Å²) >= 11 is 0. The molecule has 0 amide bonds. The second-order valence-corrected chi connectivity index (χ2v) is 6.17. The molecule has 128 valence electrons. The van der Waals surface area contributed by atoms with Gasteiger partial charge in [-0.1, -0.05) is 19.4 Å². The van der Waals surface area contributed by atoms with Crippen molar-refractivity contribution < 1.29 is 19.0 Å². The van der Waals surface area contributed by atoms with Crippen LogP contribution in [0.2, 0.25) is 0 Å². The molecule has 0 spiro atoms. The van der Waals surface area contributed by atoms with Crippen molar-refractivity contribution in [3.8, 4) is 11.5 Å². The fraction of sp³-hybridized carbons (Fsp3) is 0.450. The van der Waals surface area contributed by atoms with Crippen molar-refractivity contribution in [1.82, 2.24) is 0 Å². The Morgan fingerprint density at radius 2 is 2.12 bits per heavy atom. The number of benzene rings is 1. The predicted octanol–water partition coefficient (Wildman–Crippen LogP) is 4.51. The van der Waals surface area contributed by atoms with Crippen LogP contribution < -0.4 is 9.47 Å². The molecule has 1 aliphatic carbocycles.